The van der Waals surface area contributed by atoms with Crippen LogP contribution in [-0.2, 0) is 16.1 Å². The molecule has 0 atom stereocenters. The summed E-state index contributed by atoms with van der Waals surface area (Å²) in [4.78, 5) is 23.9. The van der Waals surface area contributed by atoms with Crippen LogP contribution in [0.4, 0.5) is 5.69 Å². The zero-order valence-corrected chi connectivity index (χ0v) is 12.7. The fraction of sp³-hybridized carbons (Fsp3) is 0.0526. The van der Waals surface area contributed by atoms with Crippen LogP contribution in [0, 0.1) is 12.3 Å². The lowest BCUT2D eigenvalue weighted by molar-refractivity contribution is -0.136. The van der Waals surface area contributed by atoms with E-state index in [0.717, 1.165) is 16.5 Å². The summed E-state index contributed by atoms with van der Waals surface area (Å²) in [5.41, 5.74) is 2.64. The van der Waals surface area contributed by atoms with Crippen molar-refractivity contribution < 1.29 is 14.0 Å². The number of para-hydroxylation sites is 1. The van der Waals surface area contributed by atoms with E-state index in [2.05, 4.69) is 16.6 Å². The second kappa shape index (κ2) is 6.71. The Morgan fingerprint density at radius 3 is 2.75 bits per heavy atom. The number of amides is 2. The van der Waals surface area contributed by atoms with Crippen molar-refractivity contribution in [3.63, 3.8) is 0 Å². The van der Waals surface area contributed by atoms with Gasteiger partial charge in [-0.2, -0.15) is 0 Å². The van der Waals surface area contributed by atoms with E-state index in [-0.39, 0.29) is 6.54 Å². The Morgan fingerprint density at radius 2 is 1.92 bits per heavy atom. The molecule has 2 N–H and O–H groups in total. The molecule has 0 bridgehead atoms. The van der Waals surface area contributed by atoms with Crippen molar-refractivity contribution in [1.29, 1.82) is 0 Å². The molecule has 0 spiro atoms. The maximum atomic E-state index is 11.9. The van der Waals surface area contributed by atoms with Gasteiger partial charge in [0.25, 0.3) is 0 Å². The smallest absolute Gasteiger partial charge is 0.313 e. The molecule has 3 aromatic rings. The highest BCUT2D eigenvalue weighted by atomic mass is 16.3. The number of hydrogen-bond acceptors (Lipinski definition) is 3. The van der Waals surface area contributed by atoms with Gasteiger partial charge < -0.3 is 15.1 Å². The first kappa shape index (κ1) is 15.4. The van der Waals surface area contributed by atoms with E-state index in [1.165, 1.54) is 0 Å². The van der Waals surface area contributed by atoms with Crippen LogP contribution in [-0.4, -0.2) is 11.8 Å². The molecule has 5 nitrogen and oxygen atoms in total. The second-order valence-corrected chi connectivity index (χ2v) is 5.12. The molecule has 24 heavy (non-hydrogen) atoms. The van der Waals surface area contributed by atoms with Crippen molar-refractivity contribution in [3.8, 4) is 12.3 Å². The third-order valence-corrected chi connectivity index (χ3v) is 3.49. The number of carbonyl (C=O) groups excluding carboxylic acids is 2. The zero-order chi connectivity index (χ0) is 16.9. The number of rotatable bonds is 3. The molecule has 3 rings (SSSR count). The van der Waals surface area contributed by atoms with E-state index in [0.29, 0.717) is 11.3 Å². The average Bonchev–Trinajstić information content (AvgIpc) is 3.03. The highest BCUT2D eigenvalue weighted by molar-refractivity contribution is 6.39. The molecule has 0 saturated carbocycles. The zero-order valence-electron chi connectivity index (χ0n) is 12.7. The van der Waals surface area contributed by atoms with E-state index in [4.69, 9.17) is 10.8 Å². The van der Waals surface area contributed by atoms with Gasteiger partial charge in [-0.15, -0.1) is 6.42 Å². The first-order chi connectivity index (χ1) is 11.7. The van der Waals surface area contributed by atoms with Crippen LogP contribution in [0.2, 0.25) is 0 Å². The average molecular weight is 318 g/mol. The molecule has 0 aliphatic heterocycles. The second-order valence-electron chi connectivity index (χ2n) is 5.12. The van der Waals surface area contributed by atoms with Crippen LogP contribution in [0.15, 0.2) is 59.2 Å². The molecule has 1 heterocycles. The maximum absolute atomic E-state index is 11.9. The highest BCUT2D eigenvalue weighted by Crippen LogP contribution is 2.20. The summed E-state index contributed by atoms with van der Waals surface area (Å²) in [6.07, 6.45) is 6.87. The van der Waals surface area contributed by atoms with Crippen molar-refractivity contribution in [3.05, 3.63) is 65.9 Å². The molecule has 0 aliphatic carbocycles. The number of carbonyl (C=O) groups is 2. The summed E-state index contributed by atoms with van der Waals surface area (Å²) in [5, 5.41) is 5.99. The number of hydrogen-bond donors (Lipinski definition) is 2. The Hall–Kier alpha value is -3.52. The lowest BCUT2D eigenvalue weighted by Crippen LogP contribution is -2.34. The molecular formula is C19H14N2O3. The van der Waals surface area contributed by atoms with Crippen LogP contribution in [0.5, 0.6) is 0 Å². The Bertz CT molecular complexity index is 950. The molecular weight excluding hydrogens is 304 g/mol. The minimum Gasteiger partial charge on any atom is -0.464 e. The van der Waals surface area contributed by atoms with E-state index in [9.17, 15) is 9.59 Å². The topological polar surface area (TPSA) is 71.3 Å². The van der Waals surface area contributed by atoms with Gasteiger partial charge in [0.05, 0.1) is 6.26 Å². The number of furan rings is 1. The predicted octanol–water partition coefficient (Wildman–Crippen LogP) is 2.67. The predicted molar refractivity (Wildman–Crippen MR) is 91.1 cm³/mol. The first-order valence-corrected chi connectivity index (χ1v) is 7.28. The van der Waals surface area contributed by atoms with Gasteiger partial charge in [-0.3, -0.25) is 9.59 Å². The monoisotopic (exact) mass is 318 g/mol. The number of nitrogens with one attached hydrogen (secondary N) is 2. The normalized spacial score (nSPS) is 10.1. The molecule has 0 radical (unpaired) electrons. The van der Waals surface area contributed by atoms with Gasteiger partial charge >= 0.3 is 11.8 Å². The largest absolute Gasteiger partial charge is 0.464 e. The van der Waals surface area contributed by atoms with E-state index in [1.807, 2.05) is 24.3 Å². The van der Waals surface area contributed by atoms with Gasteiger partial charge in [-0.1, -0.05) is 30.2 Å². The van der Waals surface area contributed by atoms with Crippen LogP contribution in [0.1, 0.15) is 11.1 Å². The van der Waals surface area contributed by atoms with E-state index >= 15 is 0 Å². The Morgan fingerprint density at radius 1 is 1.08 bits per heavy atom. The van der Waals surface area contributed by atoms with Crippen molar-refractivity contribution in [2.75, 3.05) is 5.32 Å². The minimum atomic E-state index is -0.753. The van der Waals surface area contributed by atoms with Gasteiger partial charge in [-0.25, -0.2) is 0 Å². The standard InChI is InChI=1S/C19H14N2O3/c1-2-13-6-5-7-15(10-13)21-19(23)18(22)20-11-14-12-24-17-9-4-3-8-16(14)17/h1,3-10,12H,11H2,(H,20,22)(H,21,23). The summed E-state index contributed by atoms with van der Waals surface area (Å²) >= 11 is 0. The summed E-state index contributed by atoms with van der Waals surface area (Å²) in [7, 11) is 0. The van der Waals surface area contributed by atoms with Crippen LogP contribution in [0.3, 0.4) is 0 Å². The summed E-state index contributed by atoms with van der Waals surface area (Å²) in [6.45, 7) is 0.202. The van der Waals surface area contributed by atoms with Crippen molar-refractivity contribution in [2.24, 2.45) is 0 Å². The van der Waals surface area contributed by atoms with Gasteiger partial charge in [0, 0.05) is 28.7 Å². The fourth-order valence-electron chi connectivity index (χ4n) is 2.30. The van der Waals surface area contributed by atoms with Crippen LogP contribution in [0.25, 0.3) is 11.0 Å². The summed E-state index contributed by atoms with van der Waals surface area (Å²) in [5.74, 6) is 0.985. The Balaban J connectivity index is 1.62. The highest BCUT2D eigenvalue weighted by Gasteiger charge is 2.14. The summed E-state index contributed by atoms with van der Waals surface area (Å²) < 4.78 is 5.39. The first-order valence-electron chi connectivity index (χ1n) is 7.28. The molecule has 0 saturated heterocycles. The van der Waals surface area contributed by atoms with Crippen molar-refractivity contribution >= 4 is 28.5 Å². The fourth-order valence-corrected chi connectivity index (χ4v) is 2.30. The van der Waals surface area contributed by atoms with Gasteiger partial charge in [-0.05, 0) is 24.3 Å². The quantitative estimate of drug-likeness (QED) is 0.576. The van der Waals surface area contributed by atoms with Crippen molar-refractivity contribution in [2.45, 2.75) is 6.54 Å². The van der Waals surface area contributed by atoms with E-state index in [1.54, 1.807) is 30.5 Å². The minimum absolute atomic E-state index is 0.202. The molecule has 2 aromatic carbocycles. The molecule has 0 fully saturated rings. The number of terminal acetylenes is 1. The molecule has 118 valence electrons. The molecule has 0 unspecified atom stereocenters. The molecule has 1 aromatic heterocycles. The van der Waals surface area contributed by atoms with Gasteiger partial charge in [0.2, 0.25) is 0 Å². The number of fused-ring (bicyclic) bond motifs is 1. The van der Waals surface area contributed by atoms with Gasteiger partial charge in [0.1, 0.15) is 5.58 Å². The lowest BCUT2D eigenvalue weighted by Gasteiger charge is -2.06. The molecule has 5 heteroatoms. The van der Waals surface area contributed by atoms with E-state index < -0.39 is 11.8 Å². The Kier molecular flexibility index (Phi) is 4.30. The van der Waals surface area contributed by atoms with Crippen molar-refractivity contribution in [1.82, 2.24) is 5.32 Å². The summed E-state index contributed by atoms with van der Waals surface area (Å²) in [6, 6.07) is 14.2. The van der Waals surface area contributed by atoms with Crippen LogP contribution < -0.4 is 10.6 Å². The SMILES string of the molecule is C#Cc1cccc(NC(=O)C(=O)NCc2coc3ccccc23)c1. The third kappa shape index (κ3) is 3.28. The Labute approximate surface area is 138 Å². The molecule has 0 aliphatic rings. The number of benzene rings is 2. The van der Waals surface area contributed by atoms with Gasteiger partial charge in [0.15, 0.2) is 0 Å². The number of anilines is 1. The maximum Gasteiger partial charge on any atom is 0.313 e. The third-order valence-electron chi connectivity index (χ3n) is 3.49. The molecule has 2 amide bonds. The lowest BCUT2D eigenvalue weighted by atomic mass is 10.2. The van der Waals surface area contributed by atoms with Crippen LogP contribution >= 0.6 is 0 Å².